The molecule has 6 heteroatoms. The minimum absolute atomic E-state index is 0.412. The summed E-state index contributed by atoms with van der Waals surface area (Å²) in [6.45, 7) is 1.90. The number of aliphatic carboxylic acids is 1. The van der Waals surface area contributed by atoms with Crippen LogP contribution in [0.4, 0.5) is 5.82 Å². The maximum atomic E-state index is 12.1. The molecule has 2 heterocycles. The summed E-state index contributed by atoms with van der Waals surface area (Å²) < 4.78 is 6.07. The van der Waals surface area contributed by atoms with E-state index >= 15 is 0 Å². The first-order chi connectivity index (χ1) is 13.6. The number of ether oxygens (including phenoxy) is 1. The number of likely N-dealkylation sites (tertiary alicyclic amines) is 1. The summed E-state index contributed by atoms with van der Waals surface area (Å²) in [5.74, 6) is 0.192. The Balaban J connectivity index is 1.48. The molecule has 0 unspecified atom stereocenters. The Bertz CT molecular complexity index is 997. The van der Waals surface area contributed by atoms with E-state index in [1.54, 1.807) is 6.20 Å². The molecule has 0 saturated carbocycles. The SMILES string of the molecule is Nc1ncccc1CN1CCC(Oc2ccc3ccccc3c2)(C(=O)O)CC1. The van der Waals surface area contributed by atoms with Crippen molar-refractivity contribution in [2.75, 3.05) is 18.8 Å². The van der Waals surface area contributed by atoms with E-state index in [0.29, 0.717) is 44.0 Å². The third-order valence-corrected chi connectivity index (χ3v) is 5.41. The zero-order chi connectivity index (χ0) is 19.6. The predicted octanol–water partition coefficient (Wildman–Crippen LogP) is 3.32. The Labute approximate surface area is 163 Å². The summed E-state index contributed by atoms with van der Waals surface area (Å²) >= 11 is 0. The van der Waals surface area contributed by atoms with Gasteiger partial charge in [0.1, 0.15) is 11.6 Å². The molecule has 1 aromatic heterocycles. The first-order valence-corrected chi connectivity index (χ1v) is 9.39. The molecule has 3 N–H and O–H groups in total. The Morgan fingerprint density at radius 1 is 1.11 bits per heavy atom. The molecule has 1 aliphatic heterocycles. The monoisotopic (exact) mass is 377 g/mol. The fraction of sp³-hybridized carbons (Fsp3) is 0.273. The van der Waals surface area contributed by atoms with Crippen molar-refractivity contribution < 1.29 is 14.6 Å². The van der Waals surface area contributed by atoms with E-state index in [2.05, 4.69) is 9.88 Å². The number of carboxylic acid groups (broad SMARTS) is 1. The minimum Gasteiger partial charge on any atom is -0.478 e. The van der Waals surface area contributed by atoms with E-state index in [1.807, 2.05) is 54.6 Å². The zero-order valence-corrected chi connectivity index (χ0v) is 15.5. The summed E-state index contributed by atoms with van der Waals surface area (Å²) in [6.07, 6.45) is 2.49. The van der Waals surface area contributed by atoms with Crippen LogP contribution in [0.5, 0.6) is 5.75 Å². The van der Waals surface area contributed by atoms with Crippen LogP contribution in [0.1, 0.15) is 18.4 Å². The highest BCUT2D eigenvalue weighted by atomic mass is 16.5. The van der Waals surface area contributed by atoms with Crippen molar-refractivity contribution in [1.29, 1.82) is 0 Å². The lowest BCUT2D eigenvalue weighted by Crippen LogP contribution is -2.53. The van der Waals surface area contributed by atoms with Gasteiger partial charge in [0.25, 0.3) is 0 Å². The Hall–Kier alpha value is -3.12. The summed E-state index contributed by atoms with van der Waals surface area (Å²) in [5.41, 5.74) is 5.68. The van der Waals surface area contributed by atoms with Crippen molar-refractivity contribution in [2.45, 2.75) is 25.0 Å². The Kier molecular flexibility index (Phi) is 4.88. The number of nitrogens with zero attached hydrogens (tertiary/aromatic N) is 2. The van der Waals surface area contributed by atoms with Crippen LogP contribution in [0.3, 0.4) is 0 Å². The number of carboxylic acids is 1. The third-order valence-electron chi connectivity index (χ3n) is 5.41. The number of benzene rings is 2. The Morgan fingerprint density at radius 2 is 1.86 bits per heavy atom. The van der Waals surface area contributed by atoms with Crippen molar-refractivity contribution in [3.05, 3.63) is 66.4 Å². The van der Waals surface area contributed by atoms with Crippen molar-refractivity contribution >= 4 is 22.6 Å². The number of pyridine rings is 1. The number of piperidine rings is 1. The number of hydrogen-bond acceptors (Lipinski definition) is 5. The number of rotatable bonds is 5. The van der Waals surface area contributed by atoms with E-state index < -0.39 is 11.6 Å². The molecule has 1 aliphatic rings. The molecule has 0 bridgehead atoms. The van der Waals surface area contributed by atoms with Gasteiger partial charge in [-0.3, -0.25) is 4.90 Å². The van der Waals surface area contributed by atoms with Gasteiger partial charge in [0.15, 0.2) is 0 Å². The van der Waals surface area contributed by atoms with Crippen LogP contribution >= 0.6 is 0 Å². The van der Waals surface area contributed by atoms with Crippen LogP contribution in [0.2, 0.25) is 0 Å². The molecular formula is C22H23N3O3. The molecule has 0 radical (unpaired) electrons. The molecule has 0 atom stereocenters. The maximum Gasteiger partial charge on any atom is 0.348 e. The van der Waals surface area contributed by atoms with E-state index in [4.69, 9.17) is 10.5 Å². The highest BCUT2D eigenvalue weighted by Crippen LogP contribution is 2.31. The van der Waals surface area contributed by atoms with E-state index in [1.165, 1.54) is 0 Å². The Morgan fingerprint density at radius 3 is 2.57 bits per heavy atom. The largest absolute Gasteiger partial charge is 0.478 e. The molecule has 4 rings (SSSR count). The van der Waals surface area contributed by atoms with Crippen molar-refractivity contribution in [1.82, 2.24) is 9.88 Å². The number of aromatic nitrogens is 1. The normalized spacial score (nSPS) is 16.7. The topological polar surface area (TPSA) is 88.7 Å². The fourth-order valence-corrected chi connectivity index (χ4v) is 3.71. The first kappa shape index (κ1) is 18.3. The average molecular weight is 377 g/mol. The van der Waals surface area contributed by atoms with Gasteiger partial charge in [0.05, 0.1) is 0 Å². The summed E-state index contributed by atoms with van der Waals surface area (Å²) in [6, 6.07) is 17.5. The van der Waals surface area contributed by atoms with Gasteiger partial charge < -0.3 is 15.6 Å². The molecule has 0 spiro atoms. The summed E-state index contributed by atoms with van der Waals surface area (Å²) in [7, 11) is 0. The number of nitrogens with two attached hydrogens (primary N) is 1. The molecule has 28 heavy (non-hydrogen) atoms. The van der Waals surface area contributed by atoms with Crippen LogP contribution in [0, 0.1) is 0 Å². The third kappa shape index (κ3) is 3.64. The number of hydrogen-bond donors (Lipinski definition) is 2. The number of anilines is 1. The minimum atomic E-state index is -1.21. The lowest BCUT2D eigenvalue weighted by Gasteiger charge is -2.39. The fourth-order valence-electron chi connectivity index (χ4n) is 3.71. The molecule has 2 aromatic carbocycles. The molecule has 144 valence electrons. The standard InChI is InChI=1S/C22H23N3O3/c23-20-18(6-3-11-24-20)15-25-12-9-22(10-13-25,21(26)27)28-19-8-7-16-4-1-2-5-17(16)14-19/h1-8,11,14H,9-10,12-13,15H2,(H2,23,24)(H,26,27). The van der Waals surface area contributed by atoms with Gasteiger partial charge in [-0.2, -0.15) is 0 Å². The second-order valence-corrected chi connectivity index (χ2v) is 7.23. The lowest BCUT2D eigenvalue weighted by atomic mass is 9.90. The van der Waals surface area contributed by atoms with Crippen LogP contribution in [0.15, 0.2) is 60.8 Å². The van der Waals surface area contributed by atoms with Gasteiger partial charge in [0, 0.05) is 44.2 Å². The number of nitrogen functional groups attached to an aromatic ring is 1. The van der Waals surface area contributed by atoms with Gasteiger partial charge in [-0.1, -0.05) is 36.4 Å². The van der Waals surface area contributed by atoms with Gasteiger partial charge in [-0.05, 0) is 29.0 Å². The van der Waals surface area contributed by atoms with Crippen molar-refractivity contribution in [2.24, 2.45) is 0 Å². The summed E-state index contributed by atoms with van der Waals surface area (Å²) in [4.78, 5) is 18.4. The maximum absolute atomic E-state index is 12.1. The van der Waals surface area contributed by atoms with Gasteiger partial charge >= 0.3 is 5.97 Å². The van der Waals surface area contributed by atoms with Gasteiger partial charge in [-0.15, -0.1) is 0 Å². The van der Waals surface area contributed by atoms with Crippen LogP contribution in [0.25, 0.3) is 10.8 Å². The second-order valence-electron chi connectivity index (χ2n) is 7.23. The highest BCUT2D eigenvalue weighted by Gasteiger charge is 2.44. The number of carbonyl (C=O) groups is 1. The molecule has 0 amide bonds. The quantitative estimate of drug-likeness (QED) is 0.709. The highest BCUT2D eigenvalue weighted by molar-refractivity contribution is 5.84. The van der Waals surface area contributed by atoms with Crippen LogP contribution in [-0.2, 0) is 11.3 Å². The summed E-state index contributed by atoms with van der Waals surface area (Å²) in [5, 5.41) is 12.0. The van der Waals surface area contributed by atoms with Crippen molar-refractivity contribution in [3.8, 4) is 5.75 Å². The molecule has 1 saturated heterocycles. The smallest absolute Gasteiger partial charge is 0.348 e. The lowest BCUT2D eigenvalue weighted by molar-refractivity contribution is -0.159. The van der Waals surface area contributed by atoms with Gasteiger partial charge in [-0.25, -0.2) is 9.78 Å². The van der Waals surface area contributed by atoms with E-state index in [-0.39, 0.29) is 0 Å². The van der Waals surface area contributed by atoms with Crippen molar-refractivity contribution in [3.63, 3.8) is 0 Å². The average Bonchev–Trinajstić information content (AvgIpc) is 2.71. The molecule has 6 nitrogen and oxygen atoms in total. The first-order valence-electron chi connectivity index (χ1n) is 9.39. The molecule has 1 fully saturated rings. The number of fused-ring (bicyclic) bond motifs is 1. The van der Waals surface area contributed by atoms with E-state index in [0.717, 1.165) is 16.3 Å². The second kappa shape index (κ2) is 7.48. The molecule has 0 aliphatic carbocycles. The van der Waals surface area contributed by atoms with E-state index in [9.17, 15) is 9.90 Å². The van der Waals surface area contributed by atoms with Crippen LogP contribution < -0.4 is 10.5 Å². The van der Waals surface area contributed by atoms with Gasteiger partial charge in [0.2, 0.25) is 5.60 Å². The van der Waals surface area contributed by atoms with Crippen LogP contribution in [-0.4, -0.2) is 39.7 Å². The predicted molar refractivity (Wildman–Crippen MR) is 108 cm³/mol. The molecule has 3 aromatic rings. The zero-order valence-electron chi connectivity index (χ0n) is 15.5. The molecular weight excluding hydrogens is 354 g/mol.